The molecule has 4 rings (SSSR count). The number of amides is 1. The lowest BCUT2D eigenvalue weighted by molar-refractivity contribution is -0.122. The molecule has 2 N–H and O–H groups in total. The van der Waals surface area contributed by atoms with Crippen LogP contribution in [0, 0.1) is 0 Å². The second kappa shape index (κ2) is 9.86. The number of likely N-dealkylation sites (N-methyl/N-ethyl adjacent to an activating group) is 1. The first-order valence-corrected chi connectivity index (χ1v) is 11.3. The van der Waals surface area contributed by atoms with Crippen LogP contribution in [0.3, 0.4) is 0 Å². The third kappa shape index (κ3) is 5.07. The van der Waals surface area contributed by atoms with Gasteiger partial charge in [-0.3, -0.25) is 9.59 Å². The predicted molar refractivity (Wildman–Crippen MR) is 131 cm³/mol. The van der Waals surface area contributed by atoms with E-state index in [1.165, 1.54) is 11.6 Å². The van der Waals surface area contributed by atoms with Crippen molar-refractivity contribution in [3.05, 3.63) is 45.8 Å². The molecule has 0 bridgehead atoms. The van der Waals surface area contributed by atoms with Crippen molar-refractivity contribution in [2.24, 2.45) is 7.05 Å². The van der Waals surface area contributed by atoms with Gasteiger partial charge in [0.15, 0.2) is 18.2 Å². The Morgan fingerprint density at radius 2 is 2.00 bits per heavy atom. The first kappa shape index (κ1) is 23.8. The summed E-state index contributed by atoms with van der Waals surface area (Å²) < 4.78 is 12.7. The molecule has 2 atom stereocenters. The highest BCUT2D eigenvalue weighted by molar-refractivity contribution is 6.32. The smallest absolute Gasteiger partial charge is 0.293 e. The molecular weight excluding hydrogens is 460 g/mol. The van der Waals surface area contributed by atoms with Crippen LogP contribution in [0.15, 0.2) is 35.3 Å². The van der Waals surface area contributed by atoms with E-state index < -0.39 is 0 Å². The normalized spacial score (nSPS) is 18.1. The van der Waals surface area contributed by atoms with E-state index in [2.05, 4.69) is 25.5 Å². The van der Waals surface area contributed by atoms with Gasteiger partial charge in [-0.2, -0.15) is 4.98 Å². The van der Waals surface area contributed by atoms with Crippen LogP contribution in [0.5, 0.6) is 5.75 Å². The Hall–Kier alpha value is -3.37. The van der Waals surface area contributed by atoms with Crippen molar-refractivity contribution in [2.75, 3.05) is 37.0 Å². The fraction of sp³-hybridized carbons (Fsp3) is 0.391. The van der Waals surface area contributed by atoms with Crippen LogP contribution >= 0.6 is 11.6 Å². The molecule has 11 heteroatoms. The molecule has 0 unspecified atom stereocenters. The van der Waals surface area contributed by atoms with Gasteiger partial charge in [-0.15, -0.1) is 0 Å². The van der Waals surface area contributed by atoms with Crippen molar-refractivity contribution in [3.8, 4) is 5.75 Å². The van der Waals surface area contributed by atoms with E-state index in [1.807, 2.05) is 32.0 Å². The molecule has 3 heterocycles. The van der Waals surface area contributed by atoms with Gasteiger partial charge in [0.2, 0.25) is 5.95 Å². The molecule has 10 nitrogen and oxygen atoms in total. The van der Waals surface area contributed by atoms with E-state index in [4.69, 9.17) is 21.1 Å². The average molecular weight is 487 g/mol. The van der Waals surface area contributed by atoms with E-state index in [1.54, 1.807) is 19.3 Å². The maximum atomic E-state index is 12.6. The number of ether oxygens (including phenoxy) is 2. The number of morpholine rings is 1. The number of halogens is 1. The fourth-order valence-electron chi connectivity index (χ4n) is 3.93. The first-order chi connectivity index (χ1) is 16.2. The number of fused-ring (bicyclic) bond motifs is 1. The van der Waals surface area contributed by atoms with Crippen LogP contribution < -0.4 is 25.8 Å². The predicted octanol–water partition coefficient (Wildman–Crippen LogP) is 2.46. The number of benzene rings is 1. The van der Waals surface area contributed by atoms with Crippen molar-refractivity contribution >= 4 is 45.9 Å². The molecule has 0 radical (unpaired) electrons. The zero-order valence-electron chi connectivity index (χ0n) is 19.5. The highest BCUT2D eigenvalue weighted by Crippen LogP contribution is 2.28. The molecule has 34 heavy (non-hydrogen) atoms. The number of aromatic nitrogens is 3. The van der Waals surface area contributed by atoms with E-state index in [0.717, 1.165) is 11.1 Å². The Morgan fingerprint density at radius 3 is 2.71 bits per heavy atom. The van der Waals surface area contributed by atoms with E-state index >= 15 is 0 Å². The van der Waals surface area contributed by atoms with Gasteiger partial charge in [0, 0.05) is 38.3 Å². The Morgan fingerprint density at radius 1 is 1.26 bits per heavy atom. The molecule has 0 aliphatic carbocycles. The standard InChI is InChI=1S/C23H27ClN6O4/c1-13-10-30(11-14(2)34-13)23-26-9-17(24)21(28-23)27-16-5-6-18-15(7-16)8-19(22(32)29(18)4)33-12-20(31)25-3/h5-9,13-14H,10-12H2,1-4H3,(H,25,31)(H,26,27,28)/t13-,14+. The quantitative estimate of drug-likeness (QED) is 0.546. The SMILES string of the molecule is CNC(=O)COc1cc2cc(Nc3nc(N4C[C@@H](C)O[C@@H](C)C4)ncc3Cl)ccc2n(C)c1=O. The third-order valence-corrected chi connectivity index (χ3v) is 5.80. The van der Waals surface area contributed by atoms with Crippen LogP contribution in [0.25, 0.3) is 10.9 Å². The Kier molecular flexibility index (Phi) is 6.90. The Balaban J connectivity index is 1.62. The summed E-state index contributed by atoms with van der Waals surface area (Å²) in [5.41, 5.74) is 1.11. The molecule has 1 aliphatic rings. The third-order valence-electron chi connectivity index (χ3n) is 5.53. The minimum absolute atomic E-state index is 0.0754. The number of hydrogen-bond acceptors (Lipinski definition) is 8. The number of nitrogens with one attached hydrogen (secondary N) is 2. The molecule has 0 saturated carbocycles. The van der Waals surface area contributed by atoms with Crippen molar-refractivity contribution in [3.63, 3.8) is 0 Å². The number of hydrogen-bond donors (Lipinski definition) is 2. The monoisotopic (exact) mass is 486 g/mol. The van der Waals surface area contributed by atoms with Gasteiger partial charge in [-0.25, -0.2) is 4.98 Å². The summed E-state index contributed by atoms with van der Waals surface area (Å²) in [6.07, 6.45) is 1.73. The van der Waals surface area contributed by atoms with Gasteiger partial charge in [0.25, 0.3) is 11.5 Å². The number of pyridine rings is 1. The van der Waals surface area contributed by atoms with Crippen LogP contribution in [0.4, 0.5) is 17.5 Å². The van der Waals surface area contributed by atoms with Crippen LogP contribution in [-0.2, 0) is 16.6 Å². The Bertz CT molecular complexity index is 1270. The summed E-state index contributed by atoms with van der Waals surface area (Å²) >= 11 is 6.38. The molecule has 1 aromatic carbocycles. The zero-order chi connectivity index (χ0) is 24.4. The molecule has 1 saturated heterocycles. The van der Waals surface area contributed by atoms with Crippen LogP contribution in [0.1, 0.15) is 13.8 Å². The molecular formula is C23H27ClN6O4. The molecule has 1 fully saturated rings. The first-order valence-electron chi connectivity index (χ1n) is 10.9. The number of carbonyl (C=O) groups excluding carboxylic acids is 1. The highest BCUT2D eigenvalue weighted by Gasteiger charge is 2.24. The molecule has 0 spiro atoms. The molecule has 1 amide bonds. The summed E-state index contributed by atoms with van der Waals surface area (Å²) in [5.74, 6) is 0.810. The summed E-state index contributed by atoms with van der Waals surface area (Å²) in [4.78, 5) is 35.2. The largest absolute Gasteiger partial charge is 0.478 e. The van der Waals surface area contributed by atoms with Crippen molar-refractivity contribution in [2.45, 2.75) is 26.1 Å². The number of anilines is 3. The zero-order valence-corrected chi connectivity index (χ0v) is 20.2. The second-order valence-electron chi connectivity index (χ2n) is 8.26. The number of nitrogens with zero attached hydrogens (tertiary/aromatic N) is 4. The lowest BCUT2D eigenvalue weighted by atomic mass is 10.2. The van der Waals surface area contributed by atoms with Gasteiger partial charge >= 0.3 is 0 Å². The topological polar surface area (TPSA) is 111 Å². The summed E-state index contributed by atoms with van der Waals surface area (Å²) in [5, 5.41) is 6.84. The lowest BCUT2D eigenvalue weighted by Gasteiger charge is -2.35. The van der Waals surface area contributed by atoms with Crippen molar-refractivity contribution < 1.29 is 14.3 Å². The minimum Gasteiger partial charge on any atom is -0.478 e. The summed E-state index contributed by atoms with van der Waals surface area (Å²) in [6, 6.07) is 7.14. The maximum Gasteiger partial charge on any atom is 0.293 e. The van der Waals surface area contributed by atoms with Gasteiger partial charge in [-0.05, 0) is 38.1 Å². The van der Waals surface area contributed by atoms with Gasteiger partial charge in [-0.1, -0.05) is 11.6 Å². The average Bonchev–Trinajstić information content (AvgIpc) is 2.81. The van der Waals surface area contributed by atoms with Gasteiger partial charge in [0.1, 0.15) is 5.02 Å². The van der Waals surface area contributed by atoms with Crippen molar-refractivity contribution in [1.29, 1.82) is 0 Å². The van der Waals surface area contributed by atoms with E-state index in [9.17, 15) is 9.59 Å². The second-order valence-corrected chi connectivity index (χ2v) is 8.67. The number of carbonyl (C=O) groups is 1. The minimum atomic E-state index is -0.324. The van der Waals surface area contributed by atoms with Crippen LogP contribution in [-0.4, -0.2) is 59.4 Å². The number of aryl methyl sites for hydroxylation is 1. The lowest BCUT2D eigenvalue weighted by Crippen LogP contribution is -2.46. The molecule has 3 aromatic rings. The molecule has 2 aromatic heterocycles. The molecule has 180 valence electrons. The van der Waals surface area contributed by atoms with Gasteiger partial charge < -0.3 is 29.6 Å². The van der Waals surface area contributed by atoms with Crippen LogP contribution in [0.2, 0.25) is 5.02 Å². The summed E-state index contributed by atoms with van der Waals surface area (Å²) in [7, 11) is 3.16. The Labute approximate surface area is 201 Å². The maximum absolute atomic E-state index is 12.6. The fourth-order valence-corrected chi connectivity index (χ4v) is 4.06. The van der Waals surface area contributed by atoms with E-state index in [-0.39, 0.29) is 36.0 Å². The molecule has 1 aliphatic heterocycles. The highest BCUT2D eigenvalue weighted by atomic mass is 35.5. The summed E-state index contributed by atoms with van der Waals surface area (Å²) in [6.45, 7) is 5.18. The van der Waals surface area contributed by atoms with E-state index in [0.29, 0.717) is 35.4 Å². The van der Waals surface area contributed by atoms with Gasteiger partial charge in [0.05, 0.1) is 23.9 Å². The van der Waals surface area contributed by atoms with Crippen molar-refractivity contribution in [1.82, 2.24) is 19.9 Å². The number of rotatable bonds is 6.